The highest BCUT2D eigenvalue weighted by atomic mass is 19.1. The molecule has 0 bridgehead atoms. The molecule has 0 radical (unpaired) electrons. The summed E-state index contributed by atoms with van der Waals surface area (Å²) in [6.07, 6.45) is 4.21. The number of rotatable bonds is 4. The highest BCUT2D eigenvalue weighted by Gasteiger charge is 2.26. The minimum Gasteiger partial charge on any atom is -0.339 e. The van der Waals surface area contributed by atoms with Crippen LogP contribution in [0.4, 0.5) is 4.39 Å². The molecule has 21 heavy (non-hydrogen) atoms. The number of nitrogens with one attached hydrogen (secondary N) is 1. The molecule has 1 fully saturated rings. The van der Waals surface area contributed by atoms with Crippen LogP contribution in [0.15, 0.2) is 18.2 Å². The van der Waals surface area contributed by atoms with Crippen molar-refractivity contribution in [3.63, 3.8) is 0 Å². The Labute approximate surface area is 126 Å². The maximum Gasteiger partial charge on any atom is 0.253 e. The van der Waals surface area contributed by atoms with Gasteiger partial charge in [0.1, 0.15) is 5.82 Å². The average Bonchev–Trinajstić information content (AvgIpc) is 2.50. The van der Waals surface area contributed by atoms with Crippen LogP contribution in [0.1, 0.15) is 48.5 Å². The van der Waals surface area contributed by atoms with Gasteiger partial charge in [0, 0.05) is 24.7 Å². The largest absolute Gasteiger partial charge is 0.339 e. The summed E-state index contributed by atoms with van der Waals surface area (Å²) in [5.74, 6) is -0.397. The molecule has 0 unspecified atom stereocenters. The molecule has 1 aromatic rings. The average molecular weight is 292 g/mol. The molecule has 3 nitrogen and oxygen atoms in total. The lowest BCUT2D eigenvalue weighted by atomic mass is 9.90. The summed E-state index contributed by atoms with van der Waals surface area (Å²) < 4.78 is 13.6. The molecule has 4 heteroatoms. The van der Waals surface area contributed by atoms with Crippen molar-refractivity contribution in [2.75, 3.05) is 13.6 Å². The molecule has 1 N–H and O–H groups in total. The van der Waals surface area contributed by atoms with E-state index in [9.17, 15) is 9.18 Å². The zero-order chi connectivity index (χ0) is 15.4. The Morgan fingerprint density at radius 3 is 2.57 bits per heavy atom. The summed E-state index contributed by atoms with van der Waals surface area (Å²) in [5, 5.41) is 3.47. The summed E-state index contributed by atoms with van der Waals surface area (Å²) in [5.41, 5.74) is 1.01. The first kappa shape index (κ1) is 16.0. The summed E-state index contributed by atoms with van der Waals surface area (Å²) in [4.78, 5) is 14.2. The second kappa shape index (κ2) is 7.03. The zero-order valence-corrected chi connectivity index (χ0v) is 13.2. The van der Waals surface area contributed by atoms with Crippen LogP contribution in [0, 0.1) is 12.7 Å². The van der Waals surface area contributed by atoms with Gasteiger partial charge >= 0.3 is 0 Å². The molecule has 0 aliphatic heterocycles. The predicted octanol–water partition coefficient (Wildman–Crippen LogP) is 3.13. The lowest BCUT2D eigenvalue weighted by Gasteiger charge is -2.35. The highest BCUT2D eigenvalue weighted by molar-refractivity contribution is 5.94. The fraction of sp³-hybridized carbons (Fsp3) is 0.588. The predicted molar refractivity (Wildman–Crippen MR) is 83.0 cm³/mol. The van der Waals surface area contributed by atoms with Gasteiger partial charge < -0.3 is 10.2 Å². The van der Waals surface area contributed by atoms with Gasteiger partial charge in [0.15, 0.2) is 0 Å². The molecule has 1 aliphatic rings. The van der Waals surface area contributed by atoms with Crippen LogP contribution in [0.3, 0.4) is 0 Å². The normalized spacial score (nSPS) is 22.1. The Balaban J connectivity index is 1.98. The molecule has 1 amide bonds. The first-order valence-electron chi connectivity index (χ1n) is 7.79. The fourth-order valence-corrected chi connectivity index (χ4v) is 3.05. The third-order valence-corrected chi connectivity index (χ3v) is 4.48. The highest BCUT2D eigenvalue weighted by Crippen LogP contribution is 2.24. The molecule has 0 spiro atoms. The second-order valence-electron chi connectivity index (χ2n) is 5.94. The lowest BCUT2D eigenvalue weighted by molar-refractivity contribution is 0.0684. The van der Waals surface area contributed by atoms with Crippen LogP contribution in [0.5, 0.6) is 0 Å². The van der Waals surface area contributed by atoms with E-state index in [2.05, 4.69) is 12.2 Å². The third kappa shape index (κ3) is 3.82. The number of carbonyl (C=O) groups is 1. The monoisotopic (exact) mass is 292 g/mol. The van der Waals surface area contributed by atoms with Crippen LogP contribution in [-0.4, -0.2) is 36.5 Å². The maximum absolute atomic E-state index is 13.6. The molecule has 0 heterocycles. The fourth-order valence-electron chi connectivity index (χ4n) is 3.05. The summed E-state index contributed by atoms with van der Waals surface area (Å²) in [7, 11) is 1.83. The number of hydrogen-bond acceptors (Lipinski definition) is 2. The Morgan fingerprint density at radius 1 is 1.33 bits per heavy atom. The molecule has 0 atom stereocenters. The molecular formula is C17H25FN2O. The molecule has 1 aromatic carbocycles. The SMILES string of the molecule is CCNC1CCC(N(C)C(=O)c2ccc(C)c(F)c2)CC1. The smallest absolute Gasteiger partial charge is 0.253 e. The van der Waals surface area contributed by atoms with Gasteiger partial charge in [-0.15, -0.1) is 0 Å². The number of amides is 1. The molecular weight excluding hydrogens is 267 g/mol. The van der Waals surface area contributed by atoms with Crippen molar-refractivity contribution in [2.24, 2.45) is 0 Å². The Morgan fingerprint density at radius 2 is 2.00 bits per heavy atom. The van der Waals surface area contributed by atoms with Crippen molar-refractivity contribution in [3.8, 4) is 0 Å². The molecule has 2 rings (SSSR count). The number of carbonyl (C=O) groups excluding carboxylic acids is 1. The van der Waals surface area contributed by atoms with Gasteiger partial charge in [-0.3, -0.25) is 4.79 Å². The van der Waals surface area contributed by atoms with Crippen molar-refractivity contribution in [1.82, 2.24) is 10.2 Å². The van der Waals surface area contributed by atoms with Crippen molar-refractivity contribution >= 4 is 5.91 Å². The van der Waals surface area contributed by atoms with Crippen LogP contribution >= 0.6 is 0 Å². The van der Waals surface area contributed by atoms with Crippen molar-refractivity contribution in [2.45, 2.75) is 51.6 Å². The van der Waals surface area contributed by atoms with Crippen LogP contribution in [0.25, 0.3) is 0 Å². The van der Waals surface area contributed by atoms with E-state index < -0.39 is 0 Å². The summed E-state index contributed by atoms with van der Waals surface area (Å²) in [6.45, 7) is 4.82. The van der Waals surface area contributed by atoms with Crippen molar-refractivity contribution < 1.29 is 9.18 Å². The van der Waals surface area contributed by atoms with E-state index >= 15 is 0 Å². The van der Waals surface area contributed by atoms with Crippen LogP contribution in [0.2, 0.25) is 0 Å². The Hall–Kier alpha value is -1.42. The van der Waals surface area contributed by atoms with Crippen molar-refractivity contribution in [1.29, 1.82) is 0 Å². The van der Waals surface area contributed by atoms with E-state index in [1.807, 2.05) is 7.05 Å². The lowest BCUT2D eigenvalue weighted by Crippen LogP contribution is -2.43. The van der Waals surface area contributed by atoms with Gasteiger partial charge in [-0.1, -0.05) is 13.0 Å². The zero-order valence-electron chi connectivity index (χ0n) is 13.2. The molecule has 0 aromatic heterocycles. The minimum absolute atomic E-state index is 0.0826. The van der Waals surface area contributed by atoms with E-state index in [1.54, 1.807) is 24.0 Å². The minimum atomic E-state index is -0.315. The molecule has 1 aliphatic carbocycles. The number of hydrogen-bond donors (Lipinski definition) is 1. The second-order valence-corrected chi connectivity index (χ2v) is 5.94. The quantitative estimate of drug-likeness (QED) is 0.924. The first-order valence-corrected chi connectivity index (χ1v) is 7.79. The number of halogens is 1. The standard InChI is InChI=1S/C17H25FN2O/c1-4-19-14-7-9-15(10-8-14)20(3)17(21)13-6-5-12(2)16(18)11-13/h5-6,11,14-15,19H,4,7-10H2,1-3H3. The van der Waals surface area contributed by atoms with E-state index in [0.29, 0.717) is 17.2 Å². The number of nitrogens with zero attached hydrogens (tertiary/aromatic N) is 1. The van der Waals surface area contributed by atoms with Crippen LogP contribution in [-0.2, 0) is 0 Å². The maximum atomic E-state index is 13.6. The van der Waals surface area contributed by atoms with Gasteiger partial charge in [0.05, 0.1) is 0 Å². The van der Waals surface area contributed by atoms with E-state index in [-0.39, 0.29) is 17.8 Å². The number of benzene rings is 1. The third-order valence-electron chi connectivity index (χ3n) is 4.48. The van der Waals surface area contributed by atoms with Crippen molar-refractivity contribution in [3.05, 3.63) is 35.1 Å². The molecule has 1 saturated carbocycles. The Bertz CT molecular complexity index is 496. The number of aryl methyl sites for hydroxylation is 1. The van der Waals surface area contributed by atoms with Gasteiger partial charge in [-0.05, 0) is 56.8 Å². The van der Waals surface area contributed by atoms with Gasteiger partial charge in [0.25, 0.3) is 5.91 Å². The van der Waals surface area contributed by atoms with Gasteiger partial charge in [-0.25, -0.2) is 4.39 Å². The molecule has 116 valence electrons. The van der Waals surface area contributed by atoms with Gasteiger partial charge in [0.2, 0.25) is 0 Å². The van der Waals surface area contributed by atoms with E-state index in [4.69, 9.17) is 0 Å². The first-order chi connectivity index (χ1) is 10.0. The van der Waals surface area contributed by atoms with E-state index in [1.165, 1.54) is 6.07 Å². The topological polar surface area (TPSA) is 32.3 Å². The van der Waals surface area contributed by atoms with E-state index in [0.717, 1.165) is 32.2 Å². The summed E-state index contributed by atoms with van der Waals surface area (Å²) in [6, 6.07) is 5.56. The Kier molecular flexibility index (Phi) is 5.34. The molecule has 0 saturated heterocycles. The van der Waals surface area contributed by atoms with Gasteiger partial charge in [-0.2, -0.15) is 0 Å². The van der Waals surface area contributed by atoms with Crippen LogP contribution < -0.4 is 5.32 Å². The summed E-state index contributed by atoms with van der Waals surface area (Å²) >= 11 is 0.